The molecule has 3 aliphatic heterocycles. The smallest absolute Gasteiger partial charge is 0.247 e. The molecular weight excluding hydrogens is 448 g/mol. The summed E-state index contributed by atoms with van der Waals surface area (Å²) in [6.45, 7) is 1.95. The van der Waals surface area contributed by atoms with E-state index in [0.717, 1.165) is 31.2 Å². The fourth-order valence-electron chi connectivity index (χ4n) is 6.14. The summed E-state index contributed by atoms with van der Waals surface area (Å²) in [5, 5.41) is 9.75. The van der Waals surface area contributed by atoms with Crippen LogP contribution in [-0.4, -0.2) is 52.1 Å². The van der Waals surface area contributed by atoms with E-state index < -0.39 is 29.6 Å². The predicted molar refractivity (Wildman–Crippen MR) is 125 cm³/mol. The highest BCUT2D eigenvalue weighted by atomic mass is 16.5. The Kier molecular flexibility index (Phi) is 5.25. The molecule has 35 heavy (non-hydrogen) atoms. The van der Waals surface area contributed by atoms with Crippen molar-refractivity contribution in [3.8, 4) is 0 Å². The van der Waals surface area contributed by atoms with Crippen molar-refractivity contribution in [2.45, 2.75) is 56.4 Å². The van der Waals surface area contributed by atoms with Gasteiger partial charge in [-0.05, 0) is 25.3 Å². The van der Waals surface area contributed by atoms with Gasteiger partial charge in [0.25, 0.3) is 0 Å². The monoisotopic (exact) mass is 476 g/mol. The molecule has 2 N–H and O–H groups in total. The molecule has 0 radical (unpaired) electrons. The Bertz CT molecular complexity index is 1190. The first kappa shape index (κ1) is 22.0. The summed E-state index contributed by atoms with van der Waals surface area (Å²) < 4.78 is 11.3. The molecule has 1 spiro atoms. The van der Waals surface area contributed by atoms with E-state index in [0.29, 0.717) is 11.6 Å². The van der Waals surface area contributed by atoms with Gasteiger partial charge in [-0.25, -0.2) is 0 Å². The Labute approximate surface area is 202 Å². The molecule has 3 amide bonds. The number of anilines is 1. The number of aromatic nitrogens is 1. The van der Waals surface area contributed by atoms with Gasteiger partial charge in [0.15, 0.2) is 5.82 Å². The summed E-state index contributed by atoms with van der Waals surface area (Å²) in [4.78, 5) is 42.3. The van der Waals surface area contributed by atoms with Gasteiger partial charge in [0.05, 0.1) is 24.5 Å². The highest BCUT2D eigenvalue weighted by molar-refractivity contribution is 6.00. The molecule has 9 nitrogen and oxygen atoms in total. The van der Waals surface area contributed by atoms with Crippen LogP contribution in [0.4, 0.5) is 5.82 Å². The van der Waals surface area contributed by atoms with Crippen LogP contribution < -0.4 is 10.6 Å². The number of amides is 3. The Morgan fingerprint density at radius 3 is 2.69 bits per heavy atom. The Morgan fingerprint density at radius 1 is 1.20 bits per heavy atom. The van der Waals surface area contributed by atoms with Gasteiger partial charge in [-0.2, -0.15) is 0 Å². The van der Waals surface area contributed by atoms with Crippen molar-refractivity contribution in [1.82, 2.24) is 15.4 Å². The number of nitrogens with one attached hydrogen (secondary N) is 2. The number of nitrogens with zero attached hydrogens (tertiary/aromatic N) is 2. The van der Waals surface area contributed by atoms with Crippen molar-refractivity contribution >= 4 is 23.5 Å². The quantitative estimate of drug-likeness (QED) is 0.620. The standard InChI is InChI=1S/C26H28N4O5/c1-15-13-19(29-35-15)28-23(31)20-18-11-12-26(34-18)14-30(25(33)21(20)26)22(16-7-3-2-4-8-16)24(32)27-17-9-5-6-10-17/h2-4,7-8,11-13,17-18,20-22H,5-6,9-10,14H2,1H3,(H,27,32)(H,28,29,31)/t18-,20-,21-,22+,26+/m1/s1. The van der Waals surface area contributed by atoms with Crippen molar-refractivity contribution in [1.29, 1.82) is 0 Å². The summed E-state index contributed by atoms with van der Waals surface area (Å²) in [6, 6.07) is 10.3. The number of carbonyl (C=O) groups is 3. The number of hydrogen-bond acceptors (Lipinski definition) is 6. The van der Waals surface area contributed by atoms with E-state index in [2.05, 4.69) is 15.8 Å². The second kappa shape index (κ2) is 8.34. The molecule has 4 aliphatic rings. The maximum atomic E-state index is 13.9. The topological polar surface area (TPSA) is 114 Å². The van der Waals surface area contributed by atoms with Gasteiger partial charge in [0.2, 0.25) is 17.7 Å². The van der Waals surface area contributed by atoms with Crippen LogP contribution in [0.3, 0.4) is 0 Å². The molecule has 6 rings (SSSR count). The van der Waals surface area contributed by atoms with Crippen LogP contribution in [-0.2, 0) is 19.1 Å². The van der Waals surface area contributed by atoms with E-state index >= 15 is 0 Å². The number of rotatable bonds is 6. The van der Waals surface area contributed by atoms with Gasteiger partial charge in [-0.1, -0.05) is 60.5 Å². The Hall–Kier alpha value is -3.46. The van der Waals surface area contributed by atoms with E-state index in [-0.39, 0.29) is 30.3 Å². The maximum Gasteiger partial charge on any atom is 0.247 e. The lowest BCUT2D eigenvalue weighted by molar-refractivity contribution is -0.142. The molecule has 1 saturated carbocycles. The van der Waals surface area contributed by atoms with E-state index in [1.54, 1.807) is 17.9 Å². The molecule has 2 saturated heterocycles. The highest BCUT2D eigenvalue weighted by Gasteiger charge is 2.68. The van der Waals surface area contributed by atoms with Crippen molar-refractivity contribution in [2.75, 3.05) is 11.9 Å². The third-order valence-corrected chi connectivity index (χ3v) is 7.69. The van der Waals surface area contributed by atoms with Gasteiger partial charge in [0.1, 0.15) is 17.4 Å². The number of carbonyl (C=O) groups excluding carboxylic acids is 3. The average molecular weight is 477 g/mol. The van der Waals surface area contributed by atoms with Crippen LogP contribution >= 0.6 is 0 Å². The van der Waals surface area contributed by atoms with E-state index in [4.69, 9.17) is 9.26 Å². The van der Waals surface area contributed by atoms with E-state index in [1.165, 1.54) is 0 Å². The molecule has 0 unspecified atom stereocenters. The third-order valence-electron chi connectivity index (χ3n) is 7.69. The molecular formula is C26H28N4O5. The summed E-state index contributed by atoms with van der Waals surface area (Å²) in [5.41, 5.74) is -0.185. The van der Waals surface area contributed by atoms with Crippen LogP contribution in [0.25, 0.3) is 0 Å². The zero-order valence-electron chi connectivity index (χ0n) is 19.5. The minimum absolute atomic E-state index is 0.125. The van der Waals surface area contributed by atoms with Gasteiger partial charge in [0, 0.05) is 12.1 Å². The maximum absolute atomic E-state index is 13.9. The number of hydrogen-bond donors (Lipinski definition) is 2. The summed E-state index contributed by atoms with van der Waals surface area (Å²) in [7, 11) is 0. The first-order chi connectivity index (χ1) is 16.9. The van der Waals surface area contributed by atoms with Crippen LogP contribution in [0.5, 0.6) is 0 Å². The first-order valence-electron chi connectivity index (χ1n) is 12.2. The molecule has 4 heterocycles. The fraction of sp³-hybridized carbons (Fsp3) is 0.462. The third kappa shape index (κ3) is 3.65. The minimum Gasteiger partial charge on any atom is -0.360 e. The SMILES string of the molecule is Cc1cc(NC(=O)[C@@H]2[C@H]3C=C[C@@]4(CN([C@H](C(=O)NC5CCCC5)c5ccccc5)C(=O)[C@@H]24)O3)no1. The number of aryl methyl sites for hydroxylation is 1. The van der Waals surface area contributed by atoms with Crippen molar-refractivity contribution in [2.24, 2.45) is 11.8 Å². The summed E-state index contributed by atoms with van der Waals surface area (Å²) in [5.74, 6) is -1.34. The minimum atomic E-state index is -0.926. The van der Waals surface area contributed by atoms with Gasteiger partial charge < -0.3 is 24.8 Å². The Morgan fingerprint density at radius 2 is 1.97 bits per heavy atom. The first-order valence-corrected chi connectivity index (χ1v) is 12.2. The second-order valence-electron chi connectivity index (χ2n) is 9.98. The Balaban J connectivity index is 1.29. The van der Waals surface area contributed by atoms with Crippen molar-refractivity contribution in [3.63, 3.8) is 0 Å². The van der Waals surface area contributed by atoms with Crippen LogP contribution in [0.15, 0.2) is 53.1 Å². The number of likely N-dealkylation sites (tertiary alicyclic amines) is 1. The largest absolute Gasteiger partial charge is 0.360 e. The summed E-state index contributed by atoms with van der Waals surface area (Å²) >= 11 is 0. The van der Waals surface area contributed by atoms with E-state index in [1.807, 2.05) is 42.5 Å². The molecule has 5 atom stereocenters. The van der Waals surface area contributed by atoms with Gasteiger partial charge >= 0.3 is 0 Å². The van der Waals surface area contributed by atoms with Crippen LogP contribution in [0.2, 0.25) is 0 Å². The van der Waals surface area contributed by atoms with E-state index in [9.17, 15) is 14.4 Å². The number of benzene rings is 1. The molecule has 2 bridgehead atoms. The lowest BCUT2D eigenvalue weighted by atomic mass is 9.77. The predicted octanol–water partition coefficient (Wildman–Crippen LogP) is 2.50. The lowest BCUT2D eigenvalue weighted by Gasteiger charge is -2.30. The molecule has 9 heteroatoms. The second-order valence-corrected chi connectivity index (χ2v) is 9.98. The molecule has 182 valence electrons. The highest BCUT2D eigenvalue weighted by Crippen LogP contribution is 2.53. The summed E-state index contributed by atoms with van der Waals surface area (Å²) in [6.07, 6.45) is 7.33. The average Bonchev–Trinajstić information content (AvgIpc) is 3.66. The number of ether oxygens (including phenoxy) is 1. The molecule has 1 aromatic heterocycles. The molecule has 3 fully saturated rings. The zero-order chi connectivity index (χ0) is 24.2. The molecule has 1 aliphatic carbocycles. The lowest BCUT2D eigenvalue weighted by Crippen LogP contribution is -2.46. The number of fused-ring (bicyclic) bond motifs is 1. The van der Waals surface area contributed by atoms with Crippen LogP contribution in [0.1, 0.15) is 43.0 Å². The van der Waals surface area contributed by atoms with Crippen molar-refractivity contribution in [3.05, 3.63) is 59.9 Å². The zero-order valence-corrected chi connectivity index (χ0v) is 19.5. The van der Waals surface area contributed by atoms with Crippen molar-refractivity contribution < 1.29 is 23.6 Å². The normalized spacial score (nSPS) is 30.0. The fourth-order valence-corrected chi connectivity index (χ4v) is 6.14. The molecule has 1 aromatic carbocycles. The molecule has 2 aromatic rings. The van der Waals surface area contributed by atoms with Crippen LogP contribution in [0, 0.1) is 18.8 Å². The van der Waals surface area contributed by atoms with Gasteiger partial charge in [-0.3, -0.25) is 14.4 Å². The van der Waals surface area contributed by atoms with Gasteiger partial charge in [-0.15, -0.1) is 0 Å².